The summed E-state index contributed by atoms with van der Waals surface area (Å²) in [7, 11) is 0. The average molecular weight is 307 g/mol. The fourth-order valence-corrected chi connectivity index (χ4v) is 2.66. The predicted octanol–water partition coefficient (Wildman–Crippen LogP) is 4.99. The Morgan fingerprint density at radius 1 is 0.783 bits per heavy atom. The highest BCUT2D eigenvalue weighted by Crippen LogP contribution is 2.33. The molecule has 23 heavy (non-hydrogen) atoms. The summed E-state index contributed by atoms with van der Waals surface area (Å²) in [6.45, 7) is 13.5. The van der Waals surface area contributed by atoms with E-state index in [-0.39, 0.29) is 10.8 Å². The molecule has 0 fully saturated rings. The summed E-state index contributed by atoms with van der Waals surface area (Å²) in [6, 6.07) is 12.8. The Hall–Kier alpha value is -2.16. The standard InChI is InChI=1S/C20H25N3/c1-19(2,3)15-11-14(12-16(13-15)20(4,5)6)18-22-21-17-9-7-8-10-23(17)18/h7-13H,1-6H3. The minimum absolute atomic E-state index is 0.0938. The van der Waals surface area contributed by atoms with Crippen LogP contribution in [0.1, 0.15) is 52.7 Å². The van der Waals surface area contributed by atoms with E-state index in [2.05, 4.69) is 69.9 Å². The molecular weight excluding hydrogens is 282 g/mol. The van der Waals surface area contributed by atoms with E-state index in [1.165, 1.54) is 11.1 Å². The molecule has 0 radical (unpaired) electrons. The van der Waals surface area contributed by atoms with Crippen LogP contribution in [0.5, 0.6) is 0 Å². The lowest BCUT2D eigenvalue weighted by Crippen LogP contribution is -2.16. The molecule has 3 rings (SSSR count). The molecule has 3 heteroatoms. The van der Waals surface area contributed by atoms with Crippen molar-refractivity contribution in [1.82, 2.24) is 14.6 Å². The van der Waals surface area contributed by atoms with Crippen LogP contribution in [0.15, 0.2) is 42.6 Å². The van der Waals surface area contributed by atoms with Gasteiger partial charge in [-0.15, -0.1) is 10.2 Å². The van der Waals surface area contributed by atoms with Crippen molar-refractivity contribution in [1.29, 1.82) is 0 Å². The average Bonchev–Trinajstić information content (AvgIpc) is 2.89. The summed E-state index contributed by atoms with van der Waals surface area (Å²) in [5.74, 6) is 0.900. The van der Waals surface area contributed by atoms with Crippen LogP contribution in [0.3, 0.4) is 0 Å². The number of fused-ring (bicyclic) bond motifs is 1. The third-order valence-electron chi connectivity index (χ3n) is 4.24. The number of hydrogen-bond donors (Lipinski definition) is 0. The molecule has 3 nitrogen and oxygen atoms in total. The van der Waals surface area contributed by atoms with Crippen molar-refractivity contribution in [2.75, 3.05) is 0 Å². The van der Waals surface area contributed by atoms with Gasteiger partial charge in [0.15, 0.2) is 11.5 Å². The minimum Gasteiger partial charge on any atom is -0.282 e. The van der Waals surface area contributed by atoms with Crippen molar-refractivity contribution >= 4 is 5.65 Å². The molecule has 1 aromatic carbocycles. The van der Waals surface area contributed by atoms with Gasteiger partial charge in [-0.3, -0.25) is 4.40 Å². The van der Waals surface area contributed by atoms with Crippen molar-refractivity contribution in [3.05, 3.63) is 53.7 Å². The Labute approximate surface area is 138 Å². The van der Waals surface area contributed by atoms with Gasteiger partial charge in [0.25, 0.3) is 0 Å². The highest BCUT2D eigenvalue weighted by molar-refractivity contribution is 5.62. The Bertz CT molecular complexity index is 813. The van der Waals surface area contributed by atoms with Crippen LogP contribution in [0, 0.1) is 0 Å². The zero-order valence-electron chi connectivity index (χ0n) is 14.9. The highest BCUT2D eigenvalue weighted by Gasteiger charge is 2.22. The molecule has 2 heterocycles. The topological polar surface area (TPSA) is 30.2 Å². The van der Waals surface area contributed by atoms with Crippen LogP contribution in [0.4, 0.5) is 0 Å². The normalized spacial score (nSPS) is 12.8. The van der Waals surface area contributed by atoms with Gasteiger partial charge >= 0.3 is 0 Å². The molecule has 0 unspecified atom stereocenters. The van der Waals surface area contributed by atoms with Crippen LogP contribution in [-0.4, -0.2) is 14.6 Å². The molecule has 3 aromatic rings. The molecule has 0 aliphatic heterocycles. The van der Waals surface area contributed by atoms with Crippen LogP contribution in [0.2, 0.25) is 0 Å². The molecule has 0 saturated carbocycles. The van der Waals surface area contributed by atoms with E-state index >= 15 is 0 Å². The monoisotopic (exact) mass is 307 g/mol. The highest BCUT2D eigenvalue weighted by atomic mass is 15.2. The molecule has 2 aromatic heterocycles. The van der Waals surface area contributed by atoms with E-state index in [1.807, 2.05) is 28.8 Å². The van der Waals surface area contributed by atoms with Gasteiger partial charge in [0.2, 0.25) is 0 Å². The lowest BCUT2D eigenvalue weighted by Gasteiger charge is -2.26. The van der Waals surface area contributed by atoms with Crippen LogP contribution >= 0.6 is 0 Å². The van der Waals surface area contributed by atoms with Crippen molar-refractivity contribution < 1.29 is 0 Å². The minimum atomic E-state index is 0.0938. The van der Waals surface area contributed by atoms with Crippen molar-refractivity contribution in [2.24, 2.45) is 0 Å². The number of aromatic nitrogens is 3. The van der Waals surface area contributed by atoms with Gasteiger partial charge in [0, 0.05) is 11.8 Å². The number of nitrogens with zero attached hydrogens (tertiary/aromatic N) is 3. The Balaban J connectivity index is 2.26. The zero-order valence-corrected chi connectivity index (χ0v) is 14.9. The van der Waals surface area contributed by atoms with Gasteiger partial charge in [0.1, 0.15) is 0 Å². The molecule has 0 saturated heterocycles. The van der Waals surface area contributed by atoms with Gasteiger partial charge in [-0.25, -0.2) is 0 Å². The fraction of sp³-hybridized carbons (Fsp3) is 0.400. The molecule has 0 N–H and O–H groups in total. The molecule has 0 atom stereocenters. The lowest BCUT2D eigenvalue weighted by atomic mass is 9.79. The molecule has 0 aliphatic carbocycles. The quantitative estimate of drug-likeness (QED) is 0.634. The fourth-order valence-electron chi connectivity index (χ4n) is 2.66. The summed E-state index contributed by atoms with van der Waals surface area (Å²) in [4.78, 5) is 0. The summed E-state index contributed by atoms with van der Waals surface area (Å²) in [5.41, 5.74) is 4.84. The lowest BCUT2D eigenvalue weighted by molar-refractivity contribution is 0.569. The number of rotatable bonds is 1. The second-order valence-electron chi connectivity index (χ2n) is 8.25. The van der Waals surface area contributed by atoms with Crippen molar-refractivity contribution in [3.63, 3.8) is 0 Å². The summed E-state index contributed by atoms with van der Waals surface area (Å²) in [5, 5.41) is 8.72. The van der Waals surface area contributed by atoms with Gasteiger partial charge in [-0.1, -0.05) is 53.7 Å². The molecule has 120 valence electrons. The van der Waals surface area contributed by atoms with Gasteiger partial charge in [-0.2, -0.15) is 0 Å². The number of pyridine rings is 1. The first-order valence-corrected chi connectivity index (χ1v) is 8.12. The molecular formula is C20H25N3. The number of benzene rings is 1. The van der Waals surface area contributed by atoms with Gasteiger partial charge in [0.05, 0.1) is 0 Å². The first kappa shape index (κ1) is 15.7. The molecule has 0 aliphatic rings. The van der Waals surface area contributed by atoms with E-state index in [0.717, 1.165) is 17.0 Å². The van der Waals surface area contributed by atoms with Gasteiger partial charge < -0.3 is 0 Å². The van der Waals surface area contributed by atoms with E-state index in [4.69, 9.17) is 0 Å². The number of hydrogen-bond acceptors (Lipinski definition) is 2. The summed E-state index contributed by atoms with van der Waals surface area (Å²) >= 11 is 0. The van der Waals surface area contributed by atoms with E-state index < -0.39 is 0 Å². The Kier molecular flexibility index (Phi) is 3.55. The smallest absolute Gasteiger partial charge is 0.168 e. The van der Waals surface area contributed by atoms with E-state index in [1.54, 1.807) is 0 Å². The SMILES string of the molecule is CC(C)(C)c1cc(-c2nnc3ccccn23)cc(C(C)(C)C)c1. The first-order chi connectivity index (χ1) is 10.7. The maximum atomic E-state index is 4.42. The second kappa shape index (κ2) is 5.19. The van der Waals surface area contributed by atoms with Crippen molar-refractivity contribution in [2.45, 2.75) is 52.4 Å². The van der Waals surface area contributed by atoms with Crippen LogP contribution in [0.25, 0.3) is 17.0 Å². The third-order valence-corrected chi connectivity index (χ3v) is 4.24. The molecule has 0 bridgehead atoms. The maximum Gasteiger partial charge on any atom is 0.168 e. The Morgan fingerprint density at radius 2 is 1.39 bits per heavy atom. The predicted molar refractivity (Wildman–Crippen MR) is 95.8 cm³/mol. The summed E-state index contributed by atoms with van der Waals surface area (Å²) < 4.78 is 2.05. The van der Waals surface area contributed by atoms with E-state index in [9.17, 15) is 0 Å². The molecule has 0 amide bonds. The third kappa shape index (κ3) is 3.00. The summed E-state index contributed by atoms with van der Waals surface area (Å²) in [6.07, 6.45) is 2.02. The largest absolute Gasteiger partial charge is 0.282 e. The second-order valence-corrected chi connectivity index (χ2v) is 8.25. The maximum absolute atomic E-state index is 4.42. The molecule has 0 spiro atoms. The zero-order chi connectivity index (χ0) is 16.8. The Morgan fingerprint density at radius 3 is 1.96 bits per heavy atom. The van der Waals surface area contributed by atoms with Crippen LogP contribution < -0.4 is 0 Å². The van der Waals surface area contributed by atoms with Gasteiger partial charge in [-0.05, 0) is 46.2 Å². The van der Waals surface area contributed by atoms with Crippen molar-refractivity contribution in [3.8, 4) is 11.4 Å². The first-order valence-electron chi connectivity index (χ1n) is 8.12. The van der Waals surface area contributed by atoms with Crippen LogP contribution in [-0.2, 0) is 10.8 Å². The van der Waals surface area contributed by atoms with E-state index in [0.29, 0.717) is 0 Å².